The fourth-order valence-corrected chi connectivity index (χ4v) is 3.72. The van der Waals surface area contributed by atoms with Crippen molar-refractivity contribution in [2.24, 2.45) is 0 Å². The van der Waals surface area contributed by atoms with Crippen molar-refractivity contribution in [2.75, 3.05) is 18.1 Å². The van der Waals surface area contributed by atoms with E-state index in [0.29, 0.717) is 19.0 Å². The molecule has 0 amide bonds. The highest BCUT2D eigenvalue weighted by Crippen LogP contribution is 2.22. The zero-order valence-corrected chi connectivity index (χ0v) is 16.8. The smallest absolute Gasteiger partial charge is 0.307 e. The minimum absolute atomic E-state index is 0.105. The predicted molar refractivity (Wildman–Crippen MR) is 110 cm³/mol. The number of para-hydroxylation sites is 1. The van der Waals surface area contributed by atoms with Crippen LogP contribution in [-0.4, -0.2) is 40.5 Å². The molecule has 0 spiro atoms. The lowest BCUT2D eigenvalue weighted by Gasteiger charge is -2.30. The summed E-state index contributed by atoms with van der Waals surface area (Å²) in [4.78, 5) is 31.3. The molecule has 0 saturated heterocycles. The van der Waals surface area contributed by atoms with Crippen LogP contribution in [0.1, 0.15) is 30.9 Å². The van der Waals surface area contributed by atoms with Gasteiger partial charge in [0, 0.05) is 24.6 Å². The number of rotatable bonds is 9. The number of ether oxygens (including phenoxy) is 1. The van der Waals surface area contributed by atoms with E-state index in [4.69, 9.17) is 4.74 Å². The summed E-state index contributed by atoms with van der Waals surface area (Å²) in [6.45, 7) is 4.35. The Kier molecular flexibility index (Phi) is 6.60. The number of thiophene rings is 1. The minimum Gasteiger partial charge on any atom is -0.466 e. The molecule has 6 nitrogen and oxygen atoms in total. The summed E-state index contributed by atoms with van der Waals surface area (Å²) < 4.78 is 6.85. The molecule has 28 heavy (non-hydrogen) atoms. The fourth-order valence-electron chi connectivity index (χ4n) is 3.01. The lowest BCUT2D eigenvalue weighted by molar-refractivity contribution is -0.142. The van der Waals surface area contributed by atoms with Gasteiger partial charge >= 0.3 is 5.97 Å². The zero-order chi connectivity index (χ0) is 19.9. The van der Waals surface area contributed by atoms with Crippen LogP contribution in [0.25, 0.3) is 5.00 Å². The Morgan fingerprint density at radius 2 is 2.00 bits per heavy atom. The summed E-state index contributed by atoms with van der Waals surface area (Å²) in [5.74, 6) is 0.00120. The molecule has 0 bridgehead atoms. The lowest BCUT2D eigenvalue weighted by atomic mass is 10.1. The monoisotopic (exact) mass is 397 g/mol. The molecule has 2 aromatic heterocycles. The quantitative estimate of drug-likeness (QED) is 0.404. The molecule has 3 aromatic rings. The van der Waals surface area contributed by atoms with Crippen molar-refractivity contribution < 1.29 is 14.3 Å². The van der Waals surface area contributed by atoms with E-state index in [0.717, 1.165) is 10.7 Å². The van der Waals surface area contributed by atoms with E-state index >= 15 is 0 Å². The SMILES string of the molecule is CCOC(=O)CCN(c1ccccc1)[C@@H](C)C(=O)c1nccn1-c1cccs1. The van der Waals surface area contributed by atoms with Gasteiger partial charge in [-0.3, -0.25) is 14.2 Å². The predicted octanol–water partition coefficient (Wildman–Crippen LogP) is 3.96. The molecular formula is C21H23N3O3S. The van der Waals surface area contributed by atoms with Gasteiger partial charge in [-0.1, -0.05) is 18.2 Å². The number of aromatic nitrogens is 2. The van der Waals surface area contributed by atoms with Crippen LogP contribution in [0.5, 0.6) is 0 Å². The Hall–Kier alpha value is -2.93. The van der Waals surface area contributed by atoms with Gasteiger partial charge in [0.25, 0.3) is 0 Å². The van der Waals surface area contributed by atoms with E-state index in [2.05, 4.69) is 4.98 Å². The molecule has 0 aliphatic carbocycles. The summed E-state index contributed by atoms with van der Waals surface area (Å²) in [6.07, 6.45) is 3.63. The van der Waals surface area contributed by atoms with Gasteiger partial charge in [0.15, 0.2) is 5.82 Å². The molecule has 0 unspecified atom stereocenters. The number of benzene rings is 1. The van der Waals surface area contributed by atoms with Crippen LogP contribution in [0.4, 0.5) is 5.69 Å². The molecule has 1 atom stereocenters. The number of Topliss-reactive ketones (excluding diaryl/α,β-unsaturated/α-hetero) is 1. The number of anilines is 1. The van der Waals surface area contributed by atoms with E-state index in [9.17, 15) is 9.59 Å². The Bertz CT molecular complexity index is 906. The fraction of sp³-hybridized carbons (Fsp3) is 0.286. The summed E-state index contributed by atoms with van der Waals surface area (Å²) in [5.41, 5.74) is 0.877. The number of esters is 1. The first-order valence-electron chi connectivity index (χ1n) is 9.20. The van der Waals surface area contributed by atoms with Crippen molar-refractivity contribution in [1.82, 2.24) is 9.55 Å². The van der Waals surface area contributed by atoms with Crippen LogP contribution < -0.4 is 4.90 Å². The molecule has 0 saturated carbocycles. The second-order valence-electron chi connectivity index (χ2n) is 6.20. The molecule has 2 heterocycles. The zero-order valence-electron chi connectivity index (χ0n) is 15.9. The van der Waals surface area contributed by atoms with E-state index in [1.807, 2.05) is 59.7 Å². The number of carbonyl (C=O) groups is 2. The van der Waals surface area contributed by atoms with Gasteiger partial charge in [0.05, 0.1) is 19.1 Å². The molecule has 0 aliphatic heterocycles. The third kappa shape index (κ3) is 4.48. The first kappa shape index (κ1) is 19.8. The Morgan fingerprint density at radius 1 is 1.21 bits per heavy atom. The topological polar surface area (TPSA) is 64.4 Å². The normalized spacial score (nSPS) is 11.8. The number of hydrogen-bond donors (Lipinski definition) is 0. The number of hydrogen-bond acceptors (Lipinski definition) is 6. The highest BCUT2D eigenvalue weighted by Gasteiger charge is 2.27. The van der Waals surface area contributed by atoms with Gasteiger partial charge in [-0.25, -0.2) is 4.98 Å². The van der Waals surface area contributed by atoms with Crippen LogP contribution in [0.2, 0.25) is 0 Å². The van der Waals surface area contributed by atoms with E-state index in [1.165, 1.54) is 0 Å². The molecule has 3 rings (SSSR count). The number of imidazole rings is 1. The van der Waals surface area contributed by atoms with Gasteiger partial charge < -0.3 is 9.64 Å². The maximum Gasteiger partial charge on any atom is 0.307 e. The van der Waals surface area contributed by atoms with Crippen LogP contribution >= 0.6 is 11.3 Å². The number of carbonyl (C=O) groups excluding carboxylic acids is 2. The highest BCUT2D eigenvalue weighted by molar-refractivity contribution is 7.12. The van der Waals surface area contributed by atoms with E-state index in [1.54, 1.807) is 35.2 Å². The molecule has 1 aromatic carbocycles. The molecule has 0 fully saturated rings. The minimum atomic E-state index is -0.488. The third-order valence-corrected chi connectivity index (χ3v) is 5.27. The largest absolute Gasteiger partial charge is 0.466 e. The van der Waals surface area contributed by atoms with Crippen molar-refractivity contribution >= 4 is 28.8 Å². The second kappa shape index (κ2) is 9.32. The first-order chi connectivity index (χ1) is 13.6. The highest BCUT2D eigenvalue weighted by atomic mass is 32.1. The van der Waals surface area contributed by atoms with E-state index in [-0.39, 0.29) is 18.2 Å². The molecule has 0 aliphatic rings. The standard InChI is InChI=1S/C21H23N3O3S/c1-3-27-19(25)11-13-23(17-8-5-4-6-9-17)16(2)20(26)21-22-12-14-24(21)18-10-7-15-28-18/h4-10,12,14-16H,3,11,13H2,1-2H3/t16-/m0/s1. The molecule has 7 heteroatoms. The van der Waals surface area contributed by atoms with E-state index < -0.39 is 6.04 Å². The molecule has 0 radical (unpaired) electrons. The average molecular weight is 398 g/mol. The first-order valence-corrected chi connectivity index (χ1v) is 10.1. The van der Waals surface area contributed by atoms with Gasteiger partial charge in [-0.2, -0.15) is 0 Å². The van der Waals surface area contributed by atoms with Gasteiger partial charge in [0.2, 0.25) is 5.78 Å². The van der Waals surface area contributed by atoms with Crippen LogP contribution in [-0.2, 0) is 9.53 Å². The maximum atomic E-state index is 13.3. The van der Waals surface area contributed by atoms with Crippen molar-refractivity contribution in [3.05, 3.63) is 66.1 Å². The van der Waals surface area contributed by atoms with Crippen LogP contribution in [0.3, 0.4) is 0 Å². The van der Waals surface area contributed by atoms with Crippen molar-refractivity contribution in [1.29, 1.82) is 0 Å². The Balaban J connectivity index is 1.85. The molecule has 146 valence electrons. The maximum absolute atomic E-state index is 13.3. The van der Waals surface area contributed by atoms with Crippen molar-refractivity contribution in [2.45, 2.75) is 26.3 Å². The molecule has 0 N–H and O–H groups in total. The van der Waals surface area contributed by atoms with Gasteiger partial charge in [-0.15, -0.1) is 11.3 Å². The number of nitrogens with zero attached hydrogens (tertiary/aromatic N) is 3. The lowest BCUT2D eigenvalue weighted by Crippen LogP contribution is -2.41. The summed E-state index contributed by atoms with van der Waals surface area (Å²) in [5, 5.41) is 2.90. The van der Waals surface area contributed by atoms with Gasteiger partial charge in [0.1, 0.15) is 5.00 Å². The Morgan fingerprint density at radius 3 is 2.68 bits per heavy atom. The van der Waals surface area contributed by atoms with Gasteiger partial charge in [-0.05, 0) is 43.5 Å². The average Bonchev–Trinajstić information content (AvgIpc) is 3.40. The Labute approximate surface area is 168 Å². The third-order valence-electron chi connectivity index (χ3n) is 4.40. The van der Waals surface area contributed by atoms with Crippen molar-refractivity contribution in [3.63, 3.8) is 0 Å². The second-order valence-corrected chi connectivity index (χ2v) is 7.12. The van der Waals surface area contributed by atoms with Crippen LogP contribution in [0.15, 0.2) is 60.2 Å². The molecular weight excluding hydrogens is 374 g/mol. The summed E-state index contributed by atoms with van der Waals surface area (Å²) in [7, 11) is 0. The summed E-state index contributed by atoms with van der Waals surface area (Å²) >= 11 is 1.54. The van der Waals surface area contributed by atoms with Crippen molar-refractivity contribution in [3.8, 4) is 5.00 Å². The summed E-state index contributed by atoms with van der Waals surface area (Å²) in [6, 6.07) is 13.0. The number of ketones is 1. The van der Waals surface area contributed by atoms with Crippen LogP contribution in [0, 0.1) is 0 Å².